The van der Waals surface area contributed by atoms with Gasteiger partial charge in [-0.25, -0.2) is 0 Å². The van der Waals surface area contributed by atoms with E-state index in [1.54, 1.807) is 6.07 Å². The van der Waals surface area contributed by atoms with Crippen LogP contribution in [0.4, 0.5) is 5.69 Å². The Morgan fingerprint density at radius 2 is 2.00 bits per heavy atom. The minimum Gasteiger partial charge on any atom is -0.349 e. The fraction of sp³-hybridized carbons (Fsp3) is 0.500. The van der Waals surface area contributed by atoms with Gasteiger partial charge in [-0.3, -0.25) is 14.9 Å². The Bertz CT molecular complexity index is 581. The lowest BCUT2D eigenvalue weighted by Crippen LogP contribution is -2.48. The third-order valence-electron chi connectivity index (χ3n) is 4.22. The molecular weight excluding hydrogens is 294 g/mol. The molecule has 2 heterocycles. The molecule has 0 aliphatic carbocycles. The van der Waals surface area contributed by atoms with Gasteiger partial charge in [0.2, 0.25) is 0 Å². The fourth-order valence-electron chi connectivity index (χ4n) is 3.32. The maximum atomic E-state index is 12.3. The molecule has 2 fully saturated rings. The Morgan fingerprint density at radius 3 is 2.62 bits per heavy atom. The zero-order valence-electron chi connectivity index (χ0n) is 11.3. The van der Waals surface area contributed by atoms with Gasteiger partial charge in [0.05, 0.1) is 4.92 Å². The summed E-state index contributed by atoms with van der Waals surface area (Å²) in [6, 6.07) is 5.37. The number of piperidine rings is 1. The number of nitrogens with one attached hydrogen (secondary N) is 2. The van der Waals surface area contributed by atoms with Crippen LogP contribution < -0.4 is 10.6 Å². The topological polar surface area (TPSA) is 84.3 Å². The van der Waals surface area contributed by atoms with E-state index in [0.29, 0.717) is 12.1 Å². The average Bonchev–Trinajstić information content (AvgIpc) is 2.77. The van der Waals surface area contributed by atoms with Crippen molar-refractivity contribution in [1.82, 2.24) is 10.6 Å². The number of amides is 1. The normalized spacial score (nSPS) is 27.4. The average molecular weight is 310 g/mol. The van der Waals surface area contributed by atoms with Gasteiger partial charge in [-0.2, -0.15) is 0 Å². The van der Waals surface area contributed by atoms with E-state index >= 15 is 0 Å². The van der Waals surface area contributed by atoms with Gasteiger partial charge in [0.1, 0.15) is 10.6 Å². The number of benzene rings is 1. The van der Waals surface area contributed by atoms with Crippen LogP contribution in [0.5, 0.6) is 0 Å². The molecule has 0 saturated carbocycles. The van der Waals surface area contributed by atoms with E-state index in [-0.39, 0.29) is 22.3 Å². The standard InChI is InChI=1S/C14H16ClN3O3/c15-12-3-1-2-11(13(12)18(20)21)14(19)17-10-6-8-4-5-9(7-10)16-8/h1-3,8-10,16H,4-7H2,(H,17,19). The summed E-state index contributed by atoms with van der Waals surface area (Å²) < 4.78 is 0. The first-order valence-corrected chi connectivity index (χ1v) is 7.42. The molecule has 2 aliphatic heterocycles. The van der Waals surface area contributed by atoms with Crippen LogP contribution in [-0.2, 0) is 0 Å². The molecule has 7 heteroatoms. The van der Waals surface area contributed by atoms with E-state index in [0.717, 1.165) is 25.7 Å². The van der Waals surface area contributed by atoms with Crippen molar-refractivity contribution in [2.45, 2.75) is 43.8 Å². The molecule has 21 heavy (non-hydrogen) atoms. The largest absolute Gasteiger partial charge is 0.349 e. The second-order valence-corrected chi connectivity index (χ2v) is 6.08. The number of rotatable bonds is 3. The van der Waals surface area contributed by atoms with Crippen LogP contribution in [0.25, 0.3) is 0 Å². The van der Waals surface area contributed by atoms with Gasteiger partial charge in [0, 0.05) is 18.1 Å². The highest BCUT2D eigenvalue weighted by atomic mass is 35.5. The van der Waals surface area contributed by atoms with Crippen molar-refractivity contribution in [3.63, 3.8) is 0 Å². The van der Waals surface area contributed by atoms with Crippen LogP contribution in [-0.4, -0.2) is 29.0 Å². The lowest BCUT2D eigenvalue weighted by Gasteiger charge is -2.29. The molecule has 0 radical (unpaired) electrons. The summed E-state index contributed by atoms with van der Waals surface area (Å²) in [7, 11) is 0. The zero-order valence-corrected chi connectivity index (χ0v) is 12.1. The molecule has 2 atom stereocenters. The summed E-state index contributed by atoms with van der Waals surface area (Å²) >= 11 is 5.84. The molecule has 2 saturated heterocycles. The number of hydrogen-bond donors (Lipinski definition) is 2. The third-order valence-corrected chi connectivity index (χ3v) is 4.53. The minimum atomic E-state index is -0.608. The first-order chi connectivity index (χ1) is 10.0. The minimum absolute atomic E-state index is 0.0157. The van der Waals surface area contributed by atoms with Gasteiger partial charge in [0.25, 0.3) is 5.91 Å². The van der Waals surface area contributed by atoms with Crippen LogP contribution in [0.15, 0.2) is 18.2 Å². The quantitative estimate of drug-likeness (QED) is 0.662. The van der Waals surface area contributed by atoms with Crippen LogP contribution >= 0.6 is 11.6 Å². The molecule has 0 spiro atoms. The SMILES string of the molecule is O=C(NC1CC2CCC(C1)N2)c1cccc(Cl)c1[N+](=O)[O-]. The van der Waals surface area contributed by atoms with E-state index < -0.39 is 10.8 Å². The van der Waals surface area contributed by atoms with Gasteiger partial charge < -0.3 is 10.6 Å². The first-order valence-electron chi connectivity index (χ1n) is 7.04. The lowest BCUT2D eigenvalue weighted by atomic mass is 9.99. The van der Waals surface area contributed by atoms with Crippen molar-refractivity contribution in [3.05, 3.63) is 38.9 Å². The molecule has 0 aromatic heterocycles. The highest BCUT2D eigenvalue weighted by Crippen LogP contribution is 2.30. The molecule has 2 N–H and O–H groups in total. The van der Waals surface area contributed by atoms with Crippen molar-refractivity contribution < 1.29 is 9.72 Å². The number of halogens is 1. The Labute approximate surface area is 127 Å². The van der Waals surface area contributed by atoms with E-state index in [4.69, 9.17) is 11.6 Å². The Balaban J connectivity index is 1.77. The summed E-state index contributed by atoms with van der Waals surface area (Å²) in [6.45, 7) is 0. The number of nitro groups is 1. The molecule has 6 nitrogen and oxygen atoms in total. The van der Waals surface area contributed by atoms with Crippen molar-refractivity contribution in [3.8, 4) is 0 Å². The van der Waals surface area contributed by atoms with E-state index in [9.17, 15) is 14.9 Å². The van der Waals surface area contributed by atoms with Crippen molar-refractivity contribution in [1.29, 1.82) is 0 Å². The molecule has 1 aromatic rings. The summed E-state index contributed by atoms with van der Waals surface area (Å²) in [5.41, 5.74) is -0.299. The molecule has 3 rings (SSSR count). The third kappa shape index (κ3) is 2.87. The molecule has 2 unspecified atom stereocenters. The number of hydrogen-bond acceptors (Lipinski definition) is 4. The summed E-state index contributed by atoms with van der Waals surface area (Å²) in [5, 5.41) is 17.5. The zero-order chi connectivity index (χ0) is 15.0. The second kappa shape index (κ2) is 5.61. The number of nitro benzene ring substituents is 1. The van der Waals surface area contributed by atoms with Gasteiger partial charge in [-0.15, -0.1) is 0 Å². The number of fused-ring (bicyclic) bond motifs is 2. The Kier molecular flexibility index (Phi) is 3.82. The molecule has 1 aromatic carbocycles. The van der Waals surface area contributed by atoms with Gasteiger partial charge in [-0.1, -0.05) is 17.7 Å². The van der Waals surface area contributed by atoms with E-state index in [2.05, 4.69) is 10.6 Å². The monoisotopic (exact) mass is 309 g/mol. The van der Waals surface area contributed by atoms with Gasteiger partial charge in [-0.05, 0) is 37.8 Å². The van der Waals surface area contributed by atoms with Crippen molar-refractivity contribution >= 4 is 23.2 Å². The smallest absolute Gasteiger partial charge is 0.300 e. The van der Waals surface area contributed by atoms with E-state index in [1.165, 1.54) is 12.1 Å². The van der Waals surface area contributed by atoms with Gasteiger partial charge in [0.15, 0.2) is 0 Å². The maximum absolute atomic E-state index is 12.3. The predicted octanol–water partition coefficient (Wildman–Crippen LogP) is 2.26. The van der Waals surface area contributed by atoms with Crippen molar-refractivity contribution in [2.75, 3.05) is 0 Å². The number of para-hydroxylation sites is 1. The van der Waals surface area contributed by atoms with Crippen LogP contribution in [0.2, 0.25) is 5.02 Å². The van der Waals surface area contributed by atoms with Crippen LogP contribution in [0.3, 0.4) is 0 Å². The molecule has 2 bridgehead atoms. The highest BCUT2D eigenvalue weighted by molar-refractivity contribution is 6.33. The number of carbonyl (C=O) groups excluding carboxylic acids is 1. The van der Waals surface area contributed by atoms with Crippen LogP contribution in [0, 0.1) is 10.1 Å². The van der Waals surface area contributed by atoms with Crippen LogP contribution in [0.1, 0.15) is 36.0 Å². The summed E-state index contributed by atoms with van der Waals surface area (Å²) in [5.74, 6) is -0.421. The summed E-state index contributed by atoms with van der Waals surface area (Å²) in [6.07, 6.45) is 4.01. The molecular formula is C14H16ClN3O3. The van der Waals surface area contributed by atoms with Crippen molar-refractivity contribution in [2.24, 2.45) is 0 Å². The maximum Gasteiger partial charge on any atom is 0.300 e. The Morgan fingerprint density at radius 1 is 1.33 bits per heavy atom. The second-order valence-electron chi connectivity index (χ2n) is 5.67. The highest BCUT2D eigenvalue weighted by Gasteiger charge is 2.35. The van der Waals surface area contributed by atoms with E-state index in [1.807, 2.05) is 0 Å². The number of nitrogens with zero attached hydrogens (tertiary/aromatic N) is 1. The lowest BCUT2D eigenvalue weighted by molar-refractivity contribution is -0.385. The summed E-state index contributed by atoms with van der Waals surface area (Å²) in [4.78, 5) is 22.8. The molecule has 1 amide bonds. The van der Waals surface area contributed by atoms with Gasteiger partial charge >= 0.3 is 5.69 Å². The fourth-order valence-corrected chi connectivity index (χ4v) is 3.57. The predicted molar refractivity (Wildman–Crippen MR) is 78.5 cm³/mol. The Hall–Kier alpha value is -1.66. The number of carbonyl (C=O) groups is 1. The molecule has 2 aliphatic rings. The molecule has 112 valence electrons. The first kappa shape index (κ1) is 14.3.